The van der Waals surface area contributed by atoms with Crippen LogP contribution in [0.15, 0.2) is 29.2 Å². The van der Waals surface area contributed by atoms with Crippen LogP contribution in [0.5, 0.6) is 0 Å². The van der Waals surface area contributed by atoms with E-state index in [1.165, 1.54) is 18.7 Å². The molecule has 0 N–H and O–H groups in total. The Morgan fingerprint density at radius 1 is 1.14 bits per heavy atom. The van der Waals surface area contributed by atoms with Crippen molar-refractivity contribution in [3.8, 4) is 0 Å². The molecule has 2 nitrogen and oxygen atoms in total. The molecule has 0 fully saturated rings. The van der Waals surface area contributed by atoms with E-state index in [0.29, 0.717) is 11.3 Å². The highest BCUT2D eigenvalue weighted by Crippen LogP contribution is 2.18. The predicted molar refractivity (Wildman–Crippen MR) is 57.9 cm³/mol. The van der Waals surface area contributed by atoms with Gasteiger partial charge in [0.2, 0.25) is 0 Å². The number of hydrogen-bond donors (Lipinski definition) is 0. The minimum Gasteiger partial charge on any atom is -0.299 e. The zero-order valence-corrected chi connectivity index (χ0v) is 9.06. The summed E-state index contributed by atoms with van der Waals surface area (Å²) in [6.07, 6.45) is 0. The number of Topliss-reactive ketones (excluding diaryl/α,β-unsaturated/α-hetero) is 2. The van der Waals surface area contributed by atoms with Gasteiger partial charge in [-0.25, -0.2) is 0 Å². The van der Waals surface area contributed by atoms with Crippen LogP contribution >= 0.6 is 11.8 Å². The summed E-state index contributed by atoms with van der Waals surface area (Å²) in [7, 11) is 0. The van der Waals surface area contributed by atoms with Gasteiger partial charge in [0.1, 0.15) is 5.78 Å². The fourth-order valence-electron chi connectivity index (χ4n) is 0.971. The number of hydrogen-bond acceptors (Lipinski definition) is 3. The molecule has 0 bridgehead atoms. The van der Waals surface area contributed by atoms with Crippen molar-refractivity contribution in [2.75, 3.05) is 5.75 Å². The van der Waals surface area contributed by atoms with Crippen LogP contribution in [-0.4, -0.2) is 17.3 Å². The van der Waals surface area contributed by atoms with Gasteiger partial charge in [0.15, 0.2) is 5.78 Å². The molecule has 0 atom stereocenters. The highest BCUT2D eigenvalue weighted by atomic mass is 32.2. The number of thioether (sulfide) groups is 1. The summed E-state index contributed by atoms with van der Waals surface area (Å²) in [4.78, 5) is 22.7. The van der Waals surface area contributed by atoms with E-state index in [1.807, 2.05) is 12.1 Å². The van der Waals surface area contributed by atoms with Gasteiger partial charge < -0.3 is 0 Å². The molecule has 3 heteroatoms. The van der Waals surface area contributed by atoms with Gasteiger partial charge >= 0.3 is 0 Å². The zero-order chi connectivity index (χ0) is 10.6. The number of carbonyl (C=O) groups is 2. The lowest BCUT2D eigenvalue weighted by Crippen LogP contribution is -1.94. The molecule has 0 spiro atoms. The first kappa shape index (κ1) is 11.0. The molecule has 1 rings (SSSR count). The van der Waals surface area contributed by atoms with Crippen LogP contribution in [-0.2, 0) is 4.79 Å². The Hall–Kier alpha value is -1.09. The summed E-state index contributed by atoms with van der Waals surface area (Å²) < 4.78 is 0. The summed E-state index contributed by atoms with van der Waals surface area (Å²) in [5.74, 6) is 0.707. The topological polar surface area (TPSA) is 34.1 Å². The number of benzene rings is 1. The molecule has 0 aliphatic rings. The van der Waals surface area contributed by atoms with Crippen LogP contribution in [0.25, 0.3) is 0 Å². The van der Waals surface area contributed by atoms with Gasteiger partial charge in [-0.1, -0.05) is 12.1 Å². The SMILES string of the molecule is CC(=O)CSc1ccc(C(C)=O)cc1. The summed E-state index contributed by atoms with van der Waals surface area (Å²) in [5.41, 5.74) is 0.706. The fraction of sp³-hybridized carbons (Fsp3) is 0.273. The molecular formula is C11H12O2S. The van der Waals surface area contributed by atoms with E-state index in [-0.39, 0.29) is 11.6 Å². The smallest absolute Gasteiger partial charge is 0.159 e. The van der Waals surface area contributed by atoms with Crippen LogP contribution in [0.1, 0.15) is 24.2 Å². The fourth-order valence-corrected chi connectivity index (χ4v) is 1.67. The van der Waals surface area contributed by atoms with Crippen molar-refractivity contribution in [3.63, 3.8) is 0 Å². The van der Waals surface area contributed by atoms with Crippen LogP contribution < -0.4 is 0 Å². The van der Waals surface area contributed by atoms with Crippen molar-refractivity contribution in [2.45, 2.75) is 18.7 Å². The van der Waals surface area contributed by atoms with Crippen LogP contribution in [0.2, 0.25) is 0 Å². The van der Waals surface area contributed by atoms with E-state index in [9.17, 15) is 9.59 Å². The molecule has 74 valence electrons. The maximum atomic E-state index is 11.0. The second kappa shape index (κ2) is 4.96. The Labute approximate surface area is 87.7 Å². The molecule has 0 amide bonds. The normalized spacial score (nSPS) is 9.86. The van der Waals surface area contributed by atoms with E-state index in [0.717, 1.165) is 4.90 Å². The van der Waals surface area contributed by atoms with E-state index >= 15 is 0 Å². The van der Waals surface area contributed by atoms with Crippen molar-refractivity contribution in [1.29, 1.82) is 0 Å². The second-order valence-electron chi connectivity index (χ2n) is 3.07. The molecular weight excluding hydrogens is 196 g/mol. The highest BCUT2D eigenvalue weighted by Gasteiger charge is 2.00. The third-order valence-electron chi connectivity index (χ3n) is 1.70. The predicted octanol–water partition coefficient (Wildman–Crippen LogP) is 2.57. The maximum absolute atomic E-state index is 11.0. The summed E-state index contributed by atoms with van der Waals surface area (Å²) in [6, 6.07) is 7.30. The third-order valence-corrected chi connectivity index (χ3v) is 2.86. The first-order chi connectivity index (χ1) is 6.59. The van der Waals surface area contributed by atoms with Gasteiger partial charge in [0.05, 0.1) is 5.75 Å². The van der Waals surface area contributed by atoms with Crippen LogP contribution in [0, 0.1) is 0 Å². The Morgan fingerprint density at radius 3 is 2.14 bits per heavy atom. The Bertz CT molecular complexity index is 341. The number of ketones is 2. The maximum Gasteiger partial charge on any atom is 0.159 e. The molecule has 1 aromatic rings. The van der Waals surface area contributed by atoms with Gasteiger partial charge in [-0.3, -0.25) is 9.59 Å². The molecule has 0 saturated carbocycles. The zero-order valence-electron chi connectivity index (χ0n) is 8.24. The van der Waals surface area contributed by atoms with Gasteiger partial charge in [0, 0.05) is 10.5 Å². The quantitative estimate of drug-likeness (QED) is 0.563. The van der Waals surface area contributed by atoms with Gasteiger partial charge in [0.25, 0.3) is 0 Å². The van der Waals surface area contributed by atoms with Crippen LogP contribution in [0.3, 0.4) is 0 Å². The second-order valence-corrected chi connectivity index (χ2v) is 4.12. The summed E-state index contributed by atoms with van der Waals surface area (Å²) >= 11 is 1.49. The van der Waals surface area contributed by atoms with Crippen LogP contribution in [0.4, 0.5) is 0 Å². The average Bonchev–Trinajstić information content (AvgIpc) is 2.15. The van der Waals surface area contributed by atoms with E-state index in [4.69, 9.17) is 0 Å². The third kappa shape index (κ3) is 3.34. The van der Waals surface area contributed by atoms with Gasteiger partial charge in [-0.15, -0.1) is 11.8 Å². The van der Waals surface area contributed by atoms with Crippen molar-refractivity contribution in [3.05, 3.63) is 29.8 Å². The van der Waals surface area contributed by atoms with Gasteiger partial charge in [-0.2, -0.15) is 0 Å². The minimum absolute atomic E-state index is 0.0631. The lowest BCUT2D eigenvalue weighted by Gasteiger charge is -1.99. The molecule has 0 saturated heterocycles. The number of rotatable bonds is 4. The van der Waals surface area contributed by atoms with E-state index in [1.54, 1.807) is 19.1 Å². The molecule has 14 heavy (non-hydrogen) atoms. The summed E-state index contributed by atoms with van der Waals surface area (Å²) in [6.45, 7) is 3.11. The monoisotopic (exact) mass is 208 g/mol. The molecule has 1 aromatic carbocycles. The van der Waals surface area contributed by atoms with Gasteiger partial charge in [-0.05, 0) is 26.0 Å². The molecule has 0 aromatic heterocycles. The number of carbonyl (C=O) groups excluding carboxylic acids is 2. The summed E-state index contributed by atoms with van der Waals surface area (Å²) in [5, 5.41) is 0. The van der Waals surface area contributed by atoms with E-state index in [2.05, 4.69) is 0 Å². The van der Waals surface area contributed by atoms with E-state index < -0.39 is 0 Å². The van der Waals surface area contributed by atoms with Crippen molar-refractivity contribution >= 4 is 23.3 Å². The standard InChI is InChI=1S/C11H12O2S/c1-8(12)7-14-11-5-3-10(4-6-11)9(2)13/h3-6H,7H2,1-2H3. The van der Waals surface area contributed by atoms with Crippen molar-refractivity contribution < 1.29 is 9.59 Å². The molecule has 0 unspecified atom stereocenters. The minimum atomic E-state index is 0.0631. The lowest BCUT2D eigenvalue weighted by molar-refractivity contribution is -0.114. The molecule has 0 aliphatic carbocycles. The molecule has 0 heterocycles. The molecule has 0 radical (unpaired) electrons. The first-order valence-corrected chi connectivity index (χ1v) is 5.31. The first-order valence-electron chi connectivity index (χ1n) is 4.33. The highest BCUT2D eigenvalue weighted by molar-refractivity contribution is 8.00. The Morgan fingerprint density at radius 2 is 1.71 bits per heavy atom. The largest absolute Gasteiger partial charge is 0.299 e. The average molecular weight is 208 g/mol. The van der Waals surface area contributed by atoms with Crippen molar-refractivity contribution in [1.82, 2.24) is 0 Å². The Kier molecular flexibility index (Phi) is 3.89. The lowest BCUT2D eigenvalue weighted by atomic mass is 10.2. The van der Waals surface area contributed by atoms with Crippen molar-refractivity contribution in [2.24, 2.45) is 0 Å². The Balaban J connectivity index is 2.64. The molecule has 0 aliphatic heterocycles.